The molecule has 1 aliphatic carbocycles. The largest absolute Gasteiger partial charge is 0.508 e. The molecule has 0 amide bonds. The van der Waals surface area contributed by atoms with Crippen molar-refractivity contribution in [1.29, 1.82) is 0 Å². The van der Waals surface area contributed by atoms with Gasteiger partial charge < -0.3 is 10.4 Å². The summed E-state index contributed by atoms with van der Waals surface area (Å²) in [5.41, 5.74) is 2.66. The summed E-state index contributed by atoms with van der Waals surface area (Å²) >= 11 is 1.83. The molecular weight excluding hydrogens is 306 g/mol. The van der Waals surface area contributed by atoms with E-state index in [1.54, 1.807) is 18.5 Å². The maximum absolute atomic E-state index is 9.34. The van der Waals surface area contributed by atoms with Crippen molar-refractivity contribution >= 4 is 27.4 Å². The maximum Gasteiger partial charge on any atom is 0.138 e. The van der Waals surface area contributed by atoms with Crippen LogP contribution in [0.2, 0.25) is 0 Å². The van der Waals surface area contributed by atoms with Gasteiger partial charge in [0.25, 0.3) is 0 Å². The molecule has 1 aromatic carbocycles. The molecule has 3 aromatic rings. The molecule has 2 heterocycles. The fraction of sp³-hybridized carbons (Fsp3) is 0.333. The van der Waals surface area contributed by atoms with Gasteiger partial charge in [-0.25, -0.2) is 9.97 Å². The standard InChI is InChI=1S/C18H19N3OS/c22-13-7-5-12(6-8-13)9-10-19-17-16-14-3-1-2-4-15(14)23-18(16)21-11-20-17/h5-8,11,22H,1-4,9-10H2,(H,19,20,21). The number of aromatic nitrogens is 2. The number of rotatable bonds is 4. The molecule has 0 unspecified atom stereocenters. The predicted molar refractivity (Wildman–Crippen MR) is 94.4 cm³/mol. The predicted octanol–water partition coefficient (Wildman–Crippen LogP) is 3.93. The highest BCUT2D eigenvalue weighted by molar-refractivity contribution is 7.19. The van der Waals surface area contributed by atoms with Crippen LogP contribution in [0.5, 0.6) is 5.75 Å². The molecule has 2 N–H and O–H groups in total. The number of nitrogens with one attached hydrogen (secondary N) is 1. The van der Waals surface area contributed by atoms with Crippen molar-refractivity contribution in [2.75, 3.05) is 11.9 Å². The lowest BCUT2D eigenvalue weighted by Crippen LogP contribution is -2.08. The number of nitrogens with zero attached hydrogens (tertiary/aromatic N) is 2. The van der Waals surface area contributed by atoms with Crippen LogP contribution < -0.4 is 5.32 Å². The van der Waals surface area contributed by atoms with Crippen LogP contribution in [0.1, 0.15) is 28.8 Å². The number of thiophene rings is 1. The molecule has 1 aliphatic rings. The fourth-order valence-corrected chi connectivity index (χ4v) is 4.44. The second kappa shape index (κ2) is 6.16. The molecule has 0 saturated carbocycles. The third kappa shape index (κ3) is 2.88. The maximum atomic E-state index is 9.34. The van der Waals surface area contributed by atoms with Gasteiger partial charge in [0.1, 0.15) is 22.7 Å². The molecule has 0 aliphatic heterocycles. The molecule has 118 valence electrons. The van der Waals surface area contributed by atoms with E-state index in [-0.39, 0.29) is 0 Å². The molecule has 0 saturated heterocycles. The van der Waals surface area contributed by atoms with E-state index >= 15 is 0 Å². The minimum Gasteiger partial charge on any atom is -0.508 e. The van der Waals surface area contributed by atoms with Crippen molar-refractivity contribution in [3.63, 3.8) is 0 Å². The SMILES string of the molecule is Oc1ccc(CCNc2ncnc3sc4c(c23)CCCC4)cc1. The van der Waals surface area contributed by atoms with Gasteiger partial charge in [-0.05, 0) is 55.4 Å². The Balaban J connectivity index is 1.54. The molecule has 4 nitrogen and oxygen atoms in total. The number of phenols is 1. The second-order valence-electron chi connectivity index (χ2n) is 5.96. The quantitative estimate of drug-likeness (QED) is 0.763. The van der Waals surface area contributed by atoms with Gasteiger partial charge in [0, 0.05) is 11.4 Å². The normalized spacial score (nSPS) is 13.9. The van der Waals surface area contributed by atoms with Gasteiger partial charge in [0.2, 0.25) is 0 Å². The Morgan fingerprint density at radius 3 is 2.78 bits per heavy atom. The van der Waals surface area contributed by atoms with E-state index in [0.29, 0.717) is 5.75 Å². The highest BCUT2D eigenvalue weighted by Crippen LogP contribution is 2.38. The third-order valence-corrected chi connectivity index (χ3v) is 5.59. The monoisotopic (exact) mass is 325 g/mol. The van der Waals surface area contributed by atoms with E-state index in [1.165, 1.54) is 40.7 Å². The zero-order valence-electron chi connectivity index (χ0n) is 12.9. The first kappa shape index (κ1) is 14.5. The molecule has 23 heavy (non-hydrogen) atoms. The number of fused-ring (bicyclic) bond motifs is 3. The Hall–Kier alpha value is -2.14. The summed E-state index contributed by atoms with van der Waals surface area (Å²) in [5, 5.41) is 14.1. The lowest BCUT2D eigenvalue weighted by atomic mass is 9.97. The average molecular weight is 325 g/mol. The van der Waals surface area contributed by atoms with E-state index in [0.717, 1.165) is 30.0 Å². The average Bonchev–Trinajstić information content (AvgIpc) is 2.96. The van der Waals surface area contributed by atoms with Gasteiger partial charge in [-0.1, -0.05) is 12.1 Å². The van der Waals surface area contributed by atoms with Gasteiger partial charge in [-0.15, -0.1) is 11.3 Å². The Morgan fingerprint density at radius 1 is 1.09 bits per heavy atom. The van der Waals surface area contributed by atoms with Crippen LogP contribution in [-0.4, -0.2) is 21.6 Å². The van der Waals surface area contributed by atoms with E-state index in [4.69, 9.17) is 0 Å². The van der Waals surface area contributed by atoms with Gasteiger partial charge in [0.15, 0.2) is 0 Å². The topological polar surface area (TPSA) is 58.0 Å². The lowest BCUT2D eigenvalue weighted by Gasteiger charge is -2.12. The Morgan fingerprint density at radius 2 is 1.91 bits per heavy atom. The first-order valence-electron chi connectivity index (χ1n) is 8.08. The molecule has 0 bridgehead atoms. The minimum absolute atomic E-state index is 0.309. The van der Waals surface area contributed by atoms with Gasteiger partial charge >= 0.3 is 0 Å². The van der Waals surface area contributed by atoms with Crippen molar-refractivity contribution in [3.05, 3.63) is 46.6 Å². The van der Waals surface area contributed by atoms with E-state index in [2.05, 4.69) is 15.3 Å². The first-order valence-corrected chi connectivity index (χ1v) is 8.90. The van der Waals surface area contributed by atoms with Gasteiger partial charge in [0.05, 0.1) is 5.39 Å². The van der Waals surface area contributed by atoms with Crippen molar-refractivity contribution in [1.82, 2.24) is 9.97 Å². The van der Waals surface area contributed by atoms with Crippen molar-refractivity contribution in [3.8, 4) is 5.75 Å². The first-order chi connectivity index (χ1) is 11.3. The van der Waals surface area contributed by atoms with Crippen LogP contribution >= 0.6 is 11.3 Å². The number of aryl methyl sites for hydroxylation is 2. The van der Waals surface area contributed by atoms with Crippen LogP contribution in [0.15, 0.2) is 30.6 Å². The number of phenolic OH excluding ortho intramolecular Hbond substituents is 1. The third-order valence-electron chi connectivity index (χ3n) is 4.39. The zero-order valence-corrected chi connectivity index (χ0v) is 13.7. The summed E-state index contributed by atoms with van der Waals surface area (Å²) in [4.78, 5) is 11.5. The molecular formula is C18H19N3OS. The van der Waals surface area contributed by atoms with E-state index in [9.17, 15) is 5.11 Å². The minimum atomic E-state index is 0.309. The number of hydrogen-bond acceptors (Lipinski definition) is 5. The zero-order chi connectivity index (χ0) is 15.6. The summed E-state index contributed by atoms with van der Waals surface area (Å²) in [6.07, 6.45) is 7.45. The Labute approximate surface area is 139 Å². The number of aromatic hydroxyl groups is 1. The van der Waals surface area contributed by atoms with Gasteiger partial charge in [-0.3, -0.25) is 0 Å². The highest BCUT2D eigenvalue weighted by atomic mass is 32.1. The fourth-order valence-electron chi connectivity index (χ4n) is 3.21. The van der Waals surface area contributed by atoms with Crippen LogP contribution in [0.25, 0.3) is 10.2 Å². The van der Waals surface area contributed by atoms with E-state index < -0.39 is 0 Å². The van der Waals surface area contributed by atoms with Crippen LogP contribution in [0.4, 0.5) is 5.82 Å². The summed E-state index contributed by atoms with van der Waals surface area (Å²) in [6.45, 7) is 0.821. The van der Waals surface area contributed by atoms with Gasteiger partial charge in [-0.2, -0.15) is 0 Å². The molecule has 5 heteroatoms. The smallest absolute Gasteiger partial charge is 0.138 e. The summed E-state index contributed by atoms with van der Waals surface area (Å²) < 4.78 is 0. The molecule has 4 rings (SSSR count). The number of hydrogen-bond donors (Lipinski definition) is 2. The Kier molecular flexibility index (Phi) is 3.87. The van der Waals surface area contributed by atoms with E-state index in [1.807, 2.05) is 23.5 Å². The van der Waals surface area contributed by atoms with Crippen LogP contribution in [-0.2, 0) is 19.3 Å². The molecule has 2 aromatic heterocycles. The number of anilines is 1. The molecule has 0 fully saturated rings. The van der Waals surface area contributed by atoms with Crippen molar-refractivity contribution in [2.45, 2.75) is 32.1 Å². The summed E-state index contributed by atoms with van der Waals surface area (Å²) in [5.74, 6) is 1.28. The number of benzene rings is 1. The molecule has 0 radical (unpaired) electrons. The van der Waals surface area contributed by atoms with Crippen molar-refractivity contribution < 1.29 is 5.11 Å². The molecule has 0 spiro atoms. The van der Waals surface area contributed by atoms with Crippen LogP contribution in [0.3, 0.4) is 0 Å². The van der Waals surface area contributed by atoms with Crippen LogP contribution in [0, 0.1) is 0 Å². The second-order valence-corrected chi connectivity index (χ2v) is 7.04. The Bertz CT molecular complexity index is 826. The highest BCUT2D eigenvalue weighted by Gasteiger charge is 2.19. The molecule has 0 atom stereocenters. The summed E-state index contributed by atoms with van der Waals surface area (Å²) in [7, 11) is 0. The van der Waals surface area contributed by atoms with Crippen molar-refractivity contribution in [2.24, 2.45) is 0 Å². The lowest BCUT2D eigenvalue weighted by molar-refractivity contribution is 0.475. The summed E-state index contributed by atoms with van der Waals surface area (Å²) in [6, 6.07) is 7.37.